The molecule has 0 unspecified atom stereocenters. The molecule has 136 valence electrons. The van der Waals surface area contributed by atoms with Crippen LogP contribution in [-0.4, -0.2) is 23.5 Å². The van der Waals surface area contributed by atoms with Gasteiger partial charge in [-0.25, -0.2) is 4.98 Å². The number of H-pyrrole nitrogens is 1. The van der Waals surface area contributed by atoms with Gasteiger partial charge in [-0.15, -0.1) is 0 Å². The Bertz CT molecular complexity index is 788. The van der Waals surface area contributed by atoms with E-state index < -0.39 is 0 Å². The summed E-state index contributed by atoms with van der Waals surface area (Å²) in [5, 5.41) is 3.15. The molecule has 0 bridgehead atoms. The second-order valence-corrected chi connectivity index (χ2v) is 6.51. The maximum absolute atomic E-state index is 9.76. The van der Waals surface area contributed by atoms with Crippen LogP contribution in [0.3, 0.4) is 0 Å². The maximum Gasteiger partial charge on any atom is 0.293 e. The Balaban J connectivity index is 0.000000209. The summed E-state index contributed by atoms with van der Waals surface area (Å²) < 4.78 is 5.62. The summed E-state index contributed by atoms with van der Waals surface area (Å²) in [6.45, 7) is 2.89. The zero-order chi connectivity index (χ0) is 18.8. The fraction of sp³-hybridized carbons (Fsp3) is 0.200. The van der Waals surface area contributed by atoms with E-state index in [2.05, 4.69) is 55.0 Å². The van der Waals surface area contributed by atoms with Crippen molar-refractivity contribution in [3.05, 3.63) is 76.7 Å². The molecule has 5 nitrogen and oxygen atoms in total. The number of aromatic amines is 1. The van der Waals surface area contributed by atoms with Crippen molar-refractivity contribution in [1.29, 1.82) is 0 Å². The highest BCUT2D eigenvalue weighted by Gasteiger charge is 2.08. The normalized spacial score (nSPS) is 11.2. The van der Waals surface area contributed by atoms with Gasteiger partial charge in [0.25, 0.3) is 6.47 Å². The lowest BCUT2D eigenvalue weighted by Gasteiger charge is -2.05. The SMILES string of the molecule is CN[C@@H](C)c1ncc(-c2ccc(Br)cc2)[nH]1.O=COCc1ccccc1. The van der Waals surface area contributed by atoms with Crippen molar-refractivity contribution in [2.24, 2.45) is 0 Å². The first-order valence-electron chi connectivity index (χ1n) is 8.21. The predicted octanol–water partition coefficient (Wildman–Crippen LogP) is 4.48. The van der Waals surface area contributed by atoms with Crippen LogP contribution in [0.2, 0.25) is 0 Å². The third-order valence-corrected chi connectivity index (χ3v) is 4.28. The van der Waals surface area contributed by atoms with Crippen molar-refractivity contribution < 1.29 is 9.53 Å². The molecule has 0 aliphatic carbocycles. The Labute approximate surface area is 161 Å². The minimum Gasteiger partial charge on any atom is -0.463 e. The van der Waals surface area contributed by atoms with Crippen LogP contribution in [0.5, 0.6) is 0 Å². The van der Waals surface area contributed by atoms with Gasteiger partial charge < -0.3 is 15.0 Å². The van der Waals surface area contributed by atoms with E-state index in [9.17, 15) is 4.79 Å². The molecule has 1 aromatic heterocycles. The second-order valence-electron chi connectivity index (χ2n) is 5.59. The molecule has 0 radical (unpaired) electrons. The number of carbonyl (C=O) groups excluding carboxylic acids is 1. The minimum absolute atomic E-state index is 0.240. The maximum atomic E-state index is 9.76. The third-order valence-electron chi connectivity index (χ3n) is 3.75. The highest BCUT2D eigenvalue weighted by Crippen LogP contribution is 2.21. The molecule has 2 N–H and O–H groups in total. The lowest BCUT2D eigenvalue weighted by molar-refractivity contribution is -0.129. The lowest BCUT2D eigenvalue weighted by Crippen LogP contribution is -2.13. The van der Waals surface area contributed by atoms with Gasteiger partial charge in [-0.05, 0) is 37.2 Å². The van der Waals surface area contributed by atoms with E-state index in [1.165, 1.54) is 0 Å². The highest BCUT2D eigenvalue weighted by molar-refractivity contribution is 9.10. The van der Waals surface area contributed by atoms with E-state index in [0.717, 1.165) is 27.1 Å². The van der Waals surface area contributed by atoms with E-state index in [-0.39, 0.29) is 6.04 Å². The molecule has 0 aliphatic rings. The Morgan fingerprint density at radius 2 is 1.88 bits per heavy atom. The number of nitrogens with zero attached hydrogens (tertiary/aromatic N) is 1. The van der Waals surface area contributed by atoms with Crippen LogP contribution in [-0.2, 0) is 16.1 Å². The number of carbonyl (C=O) groups is 1. The molecule has 0 fully saturated rings. The molecule has 1 heterocycles. The molecule has 0 amide bonds. The second kappa shape index (κ2) is 10.5. The average Bonchev–Trinajstić information content (AvgIpc) is 3.18. The first-order chi connectivity index (χ1) is 12.6. The van der Waals surface area contributed by atoms with Crippen LogP contribution in [0.1, 0.15) is 24.4 Å². The molecule has 2 aromatic carbocycles. The number of imidazole rings is 1. The fourth-order valence-electron chi connectivity index (χ4n) is 2.17. The number of hydrogen-bond donors (Lipinski definition) is 2. The van der Waals surface area contributed by atoms with Crippen molar-refractivity contribution in [3.63, 3.8) is 0 Å². The topological polar surface area (TPSA) is 67.0 Å². The number of aromatic nitrogens is 2. The molecule has 26 heavy (non-hydrogen) atoms. The van der Waals surface area contributed by atoms with Gasteiger partial charge in [0.1, 0.15) is 12.4 Å². The van der Waals surface area contributed by atoms with Crippen LogP contribution >= 0.6 is 15.9 Å². The Hall–Kier alpha value is -2.44. The van der Waals surface area contributed by atoms with Crippen LogP contribution in [0.15, 0.2) is 65.3 Å². The predicted molar refractivity (Wildman–Crippen MR) is 106 cm³/mol. The van der Waals surface area contributed by atoms with Gasteiger partial charge in [0, 0.05) is 4.47 Å². The summed E-state index contributed by atoms with van der Waals surface area (Å²) in [6, 6.07) is 18.0. The highest BCUT2D eigenvalue weighted by atomic mass is 79.9. The van der Waals surface area contributed by atoms with Gasteiger partial charge in [0.15, 0.2) is 0 Å². The zero-order valence-electron chi connectivity index (χ0n) is 14.8. The summed E-state index contributed by atoms with van der Waals surface area (Å²) in [6.07, 6.45) is 1.87. The summed E-state index contributed by atoms with van der Waals surface area (Å²) in [7, 11) is 1.92. The Morgan fingerprint density at radius 1 is 1.19 bits per heavy atom. The summed E-state index contributed by atoms with van der Waals surface area (Å²) in [5.74, 6) is 0.959. The van der Waals surface area contributed by atoms with Gasteiger partial charge >= 0.3 is 0 Å². The molecular weight excluding hydrogens is 394 g/mol. The van der Waals surface area contributed by atoms with Crippen LogP contribution in [0.4, 0.5) is 0 Å². The van der Waals surface area contributed by atoms with Crippen LogP contribution in [0.25, 0.3) is 11.3 Å². The van der Waals surface area contributed by atoms with E-state index in [4.69, 9.17) is 0 Å². The van der Waals surface area contributed by atoms with Crippen molar-refractivity contribution in [2.45, 2.75) is 19.6 Å². The quantitative estimate of drug-likeness (QED) is 0.582. The van der Waals surface area contributed by atoms with E-state index >= 15 is 0 Å². The van der Waals surface area contributed by atoms with E-state index in [1.807, 2.05) is 55.7 Å². The number of rotatable bonds is 6. The van der Waals surface area contributed by atoms with Crippen molar-refractivity contribution in [3.8, 4) is 11.3 Å². The first-order valence-corrected chi connectivity index (χ1v) is 9.00. The van der Waals surface area contributed by atoms with E-state index in [1.54, 1.807) is 0 Å². The molecule has 0 aliphatic heterocycles. The Morgan fingerprint density at radius 3 is 2.50 bits per heavy atom. The number of nitrogens with one attached hydrogen (secondary N) is 2. The van der Waals surface area contributed by atoms with Crippen molar-refractivity contribution in [2.75, 3.05) is 7.05 Å². The summed E-state index contributed by atoms with van der Waals surface area (Å²) >= 11 is 3.42. The molecule has 3 aromatic rings. The molecule has 3 rings (SSSR count). The van der Waals surface area contributed by atoms with Gasteiger partial charge in [-0.3, -0.25) is 4.79 Å². The number of ether oxygens (including phenoxy) is 1. The molecule has 0 saturated carbocycles. The summed E-state index contributed by atoms with van der Waals surface area (Å²) in [4.78, 5) is 17.4. The number of halogens is 1. The average molecular weight is 416 g/mol. The summed E-state index contributed by atoms with van der Waals surface area (Å²) in [5.41, 5.74) is 3.20. The zero-order valence-corrected chi connectivity index (χ0v) is 16.4. The smallest absolute Gasteiger partial charge is 0.293 e. The number of hydrogen-bond acceptors (Lipinski definition) is 4. The lowest BCUT2D eigenvalue weighted by atomic mass is 10.2. The van der Waals surface area contributed by atoms with Crippen molar-refractivity contribution >= 4 is 22.4 Å². The largest absolute Gasteiger partial charge is 0.463 e. The number of benzene rings is 2. The molecule has 0 spiro atoms. The molecule has 1 atom stereocenters. The minimum atomic E-state index is 0.240. The first kappa shape index (κ1) is 19.9. The third kappa shape index (κ3) is 6.13. The molecule has 0 saturated heterocycles. The monoisotopic (exact) mass is 415 g/mol. The Kier molecular flexibility index (Phi) is 8.05. The van der Waals surface area contributed by atoms with Gasteiger partial charge in [0.05, 0.1) is 17.9 Å². The van der Waals surface area contributed by atoms with Crippen molar-refractivity contribution in [1.82, 2.24) is 15.3 Å². The van der Waals surface area contributed by atoms with Gasteiger partial charge in [-0.1, -0.05) is 58.4 Å². The van der Waals surface area contributed by atoms with Gasteiger partial charge in [0.2, 0.25) is 0 Å². The molecular formula is C20H22BrN3O2. The fourth-order valence-corrected chi connectivity index (χ4v) is 2.44. The van der Waals surface area contributed by atoms with Gasteiger partial charge in [-0.2, -0.15) is 0 Å². The molecule has 6 heteroatoms. The van der Waals surface area contributed by atoms with E-state index in [0.29, 0.717) is 13.1 Å². The van der Waals surface area contributed by atoms with Crippen LogP contribution < -0.4 is 5.32 Å². The van der Waals surface area contributed by atoms with Crippen LogP contribution in [0, 0.1) is 0 Å². The standard InChI is InChI=1S/C12H14BrN3.C8H8O2/c1-8(14-2)12-15-7-11(16-12)9-3-5-10(13)6-4-9;9-7-10-6-8-4-2-1-3-5-8/h3-8,14H,1-2H3,(H,15,16);1-5,7H,6H2/t8-;/m0./s1.